The molecule has 2 aromatic carbocycles. The van der Waals surface area contributed by atoms with Crippen LogP contribution in [0.15, 0.2) is 66.3 Å². The number of aromatic nitrogens is 3. The SMILES string of the molecule is C=CCn1c(S[C@H](C)C(=O)Nc2ccc(F)cc2)nnc1[C@H]1COc2ccccc2O1. The zero-order valence-corrected chi connectivity index (χ0v) is 17.6. The van der Waals surface area contributed by atoms with Crippen LogP contribution in [0.5, 0.6) is 11.5 Å². The first-order valence-electron chi connectivity index (χ1n) is 9.70. The minimum absolute atomic E-state index is 0.225. The molecule has 1 aliphatic heterocycles. The molecular formula is C22H21FN4O3S. The minimum atomic E-state index is -0.463. The van der Waals surface area contributed by atoms with Crippen LogP contribution in [0.1, 0.15) is 18.9 Å². The summed E-state index contributed by atoms with van der Waals surface area (Å²) in [5.41, 5.74) is 0.526. The van der Waals surface area contributed by atoms with E-state index in [4.69, 9.17) is 9.47 Å². The second-order valence-corrected chi connectivity index (χ2v) is 8.17. The Hall–Kier alpha value is -3.33. The van der Waals surface area contributed by atoms with E-state index in [0.717, 1.165) is 0 Å². The number of allylic oxidation sites excluding steroid dienone is 1. The molecule has 0 saturated carbocycles. The number of hydrogen-bond donors (Lipinski definition) is 1. The molecule has 4 rings (SSSR count). The molecule has 0 bridgehead atoms. The number of amides is 1. The summed E-state index contributed by atoms with van der Waals surface area (Å²) in [5, 5.41) is 11.5. The van der Waals surface area contributed by atoms with Crippen molar-refractivity contribution in [2.45, 2.75) is 30.0 Å². The highest BCUT2D eigenvalue weighted by Crippen LogP contribution is 2.36. The third kappa shape index (κ3) is 4.72. The predicted molar refractivity (Wildman–Crippen MR) is 116 cm³/mol. The highest BCUT2D eigenvalue weighted by Gasteiger charge is 2.29. The van der Waals surface area contributed by atoms with Crippen molar-refractivity contribution in [1.82, 2.24) is 14.8 Å². The smallest absolute Gasteiger partial charge is 0.237 e. The lowest BCUT2D eigenvalue weighted by molar-refractivity contribution is -0.115. The summed E-state index contributed by atoms with van der Waals surface area (Å²) < 4.78 is 26.8. The molecule has 1 aliphatic rings. The molecular weight excluding hydrogens is 419 g/mol. The molecule has 0 spiro atoms. The Morgan fingerprint density at radius 2 is 2.03 bits per heavy atom. The number of rotatable bonds is 7. The Morgan fingerprint density at radius 1 is 1.29 bits per heavy atom. The maximum absolute atomic E-state index is 13.1. The number of hydrogen-bond acceptors (Lipinski definition) is 6. The quantitative estimate of drug-likeness (QED) is 0.438. The third-order valence-electron chi connectivity index (χ3n) is 4.62. The number of thioether (sulfide) groups is 1. The van der Waals surface area contributed by atoms with Gasteiger partial charge in [0.25, 0.3) is 0 Å². The lowest BCUT2D eigenvalue weighted by Gasteiger charge is -2.26. The van der Waals surface area contributed by atoms with Crippen molar-refractivity contribution in [3.8, 4) is 11.5 Å². The van der Waals surface area contributed by atoms with Crippen LogP contribution in [0.3, 0.4) is 0 Å². The number of benzene rings is 2. The molecule has 2 atom stereocenters. The van der Waals surface area contributed by atoms with E-state index in [1.807, 2.05) is 28.8 Å². The molecule has 0 fully saturated rings. The fraction of sp³-hybridized carbons (Fsp3) is 0.227. The van der Waals surface area contributed by atoms with Crippen LogP contribution in [0.4, 0.5) is 10.1 Å². The van der Waals surface area contributed by atoms with E-state index in [1.54, 1.807) is 13.0 Å². The molecule has 0 unspecified atom stereocenters. The topological polar surface area (TPSA) is 78.3 Å². The van der Waals surface area contributed by atoms with Crippen LogP contribution >= 0.6 is 11.8 Å². The standard InChI is InChI=1S/C22H21FN4O3S/c1-3-12-27-20(19-13-29-17-6-4-5-7-18(17)30-19)25-26-22(27)31-14(2)21(28)24-16-10-8-15(23)9-11-16/h3-11,14,19H,1,12-13H2,2H3,(H,24,28)/t14-,19-/m1/s1. The number of nitrogens with one attached hydrogen (secondary N) is 1. The van der Waals surface area contributed by atoms with Crippen molar-refractivity contribution >= 4 is 23.4 Å². The van der Waals surface area contributed by atoms with Crippen molar-refractivity contribution < 1.29 is 18.7 Å². The van der Waals surface area contributed by atoms with E-state index in [-0.39, 0.29) is 11.7 Å². The van der Waals surface area contributed by atoms with Gasteiger partial charge in [0.05, 0.1) is 5.25 Å². The maximum atomic E-state index is 13.1. The van der Waals surface area contributed by atoms with Gasteiger partial charge in [-0.3, -0.25) is 9.36 Å². The molecule has 2 heterocycles. The van der Waals surface area contributed by atoms with Crippen LogP contribution in [0.25, 0.3) is 0 Å². The second-order valence-electron chi connectivity index (χ2n) is 6.86. The maximum Gasteiger partial charge on any atom is 0.237 e. The van der Waals surface area contributed by atoms with E-state index >= 15 is 0 Å². The fourth-order valence-corrected chi connectivity index (χ4v) is 3.93. The number of nitrogens with zero attached hydrogens (tertiary/aromatic N) is 3. The Labute approximate surface area is 183 Å². The summed E-state index contributed by atoms with van der Waals surface area (Å²) in [6.07, 6.45) is 1.30. The molecule has 9 heteroatoms. The molecule has 1 N–H and O–H groups in total. The Balaban J connectivity index is 1.48. The van der Waals surface area contributed by atoms with Gasteiger partial charge < -0.3 is 14.8 Å². The van der Waals surface area contributed by atoms with Gasteiger partial charge in [0.15, 0.2) is 28.6 Å². The molecule has 0 saturated heterocycles. The summed E-state index contributed by atoms with van der Waals surface area (Å²) in [7, 11) is 0. The summed E-state index contributed by atoms with van der Waals surface area (Å²) in [4.78, 5) is 12.6. The first kappa shape index (κ1) is 20.9. The van der Waals surface area contributed by atoms with Crippen LogP contribution in [-0.4, -0.2) is 32.5 Å². The normalized spacial score (nSPS) is 15.9. The minimum Gasteiger partial charge on any atom is -0.485 e. The van der Waals surface area contributed by atoms with Gasteiger partial charge in [-0.25, -0.2) is 4.39 Å². The number of para-hydroxylation sites is 2. The Morgan fingerprint density at radius 3 is 2.77 bits per heavy atom. The van der Waals surface area contributed by atoms with Gasteiger partial charge in [0, 0.05) is 12.2 Å². The molecule has 31 heavy (non-hydrogen) atoms. The number of carbonyl (C=O) groups is 1. The highest BCUT2D eigenvalue weighted by molar-refractivity contribution is 8.00. The Bertz CT molecular complexity index is 1090. The highest BCUT2D eigenvalue weighted by atomic mass is 32.2. The van der Waals surface area contributed by atoms with Gasteiger partial charge in [-0.15, -0.1) is 16.8 Å². The van der Waals surface area contributed by atoms with Crippen molar-refractivity contribution in [1.29, 1.82) is 0 Å². The van der Waals surface area contributed by atoms with Crippen LogP contribution in [-0.2, 0) is 11.3 Å². The number of fused-ring (bicyclic) bond motifs is 1. The van der Waals surface area contributed by atoms with Gasteiger partial charge in [0.1, 0.15) is 12.4 Å². The summed E-state index contributed by atoms with van der Waals surface area (Å²) in [6, 6.07) is 13.1. The average molecular weight is 441 g/mol. The second kappa shape index (κ2) is 9.22. The lowest BCUT2D eigenvalue weighted by Crippen LogP contribution is -2.25. The van der Waals surface area contributed by atoms with Crippen LogP contribution in [0, 0.1) is 5.82 Å². The molecule has 3 aromatic rings. The zero-order valence-electron chi connectivity index (χ0n) is 16.8. The number of anilines is 1. The van der Waals surface area contributed by atoms with Crippen LogP contribution < -0.4 is 14.8 Å². The molecule has 1 aromatic heterocycles. The fourth-order valence-electron chi connectivity index (χ4n) is 3.06. The van der Waals surface area contributed by atoms with E-state index in [9.17, 15) is 9.18 Å². The average Bonchev–Trinajstić information content (AvgIpc) is 3.17. The first-order chi connectivity index (χ1) is 15.0. The number of halogens is 1. The van der Waals surface area contributed by atoms with Crippen molar-refractivity contribution in [3.63, 3.8) is 0 Å². The summed E-state index contributed by atoms with van der Waals surface area (Å²) in [5.74, 6) is 1.35. The van der Waals surface area contributed by atoms with Gasteiger partial charge in [-0.1, -0.05) is 30.0 Å². The molecule has 160 valence electrons. The largest absolute Gasteiger partial charge is 0.485 e. The van der Waals surface area contributed by atoms with E-state index < -0.39 is 11.4 Å². The summed E-state index contributed by atoms with van der Waals surface area (Å²) >= 11 is 1.27. The third-order valence-corrected chi connectivity index (χ3v) is 5.70. The predicted octanol–water partition coefficient (Wildman–Crippen LogP) is 4.24. The monoisotopic (exact) mass is 440 g/mol. The van der Waals surface area contributed by atoms with Crippen molar-refractivity contribution in [3.05, 3.63) is 72.8 Å². The molecule has 0 radical (unpaired) electrons. The lowest BCUT2D eigenvalue weighted by atomic mass is 10.2. The van der Waals surface area contributed by atoms with Crippen molar-refractivity contribution in [2.24, 2.45) is 0 Å². The summed E-state index contributed by atoms with van der Waals surface area (Å²) in [6.45, 7) is 6.34. The van der Waals surface area contributed by atoms with E-state index in [2.05, 4.69) is 22.1 Å². The molecule has 1 amide bonds. The zero-order chi connectivity index (χ0) is 21.8. The van der Waals surface area contributed by atoms with Gasteiger partial charge in [-0.2, -0.15) is 0 Å². The van der Waals surface area contributed by atoms with E-state index in [1.165, 1.54) is 36.0 Å². The molecule has 7 nitrogen and oxygen atoms in total. The van der Waals surface area contributed by atoms with Crippen molar-refractivity contribution in [2.75, 3.05) is 11.9 Å². The van der Waals surface area contributed by atoms with Gasteiger partial charge in [0.2, 0.25) is 5.91 Å². The molecule has 0 aliphatic carbocycles. The first-order valence-corrected chi connectivity index (χ1v) is 10.6. The van der Waals surface area contributed by atoms with Gasteiger partial charge in [-0.05, 0) is 43.3 Å². The van der Waals surface area contributed by atoms with Crippen LogP contribution in [0.2, 0.25) is 0 Å². The number of ether oxygens (including phenoxy) is 2. The van der Waals surface area contributed by atoms with Gasteiger partial charge >= 0.3 is 0 Å². The Kier molecular flexibility index (Phi) is 6.22. The van der Waals surface area contributed by atoms with E-state index in [0.29, 0.717) is 41.3 Å². The number of carbonyl (C=O) groups excluding carboxylic acids is 1.